The molecule has 5 nitrogen and oxygen atoms in total. The first kappa shape index (κ1) is 24.4. The van der Waals surface area contributed by atoms with Gasteiger partial charge in [0.15, 0.2) is 6.61 Å². The number of hydrogen-bond donors (Lipinski definition) is 1. The van der Waals surface area contributed by atoms with Crippen LogP contribution in [0.25, 0.3) is 0 Å². The van der Waals surface area contributed by atoms with Crippen molar-refractivity contribution in [3.8, 4) is 5.75 Å². The Labute approximate surface area is 186 Å². The molecule has 0 aliphatic carbocycles. The van der Waals surface area contributed by atoms with E-state index in [1.807, 2.05) is 69.3 Å². The van der Waals surface area contributed by atoms with Crippen molar-refractivity contribution in [2.45, 2.75) is 60.0 Å². The molecule has 0 bridgehead atoms. The molecule has 1 atom stereocenters. The van der Waals surface area contributed by atoms with Crippen LogP contribution in [0.1, 0.15) is 57.2 Å². The van der Waals surface area contributed by atoms with Crippen molar-refractivity contribution in [2.75, 3.05) is 13.2 Å². The lowest BCUT2D eigenvalue weighted by Gasteiger charge is -2.29. The third-order valence-corrected chi connectivity index (χ3v) is 5.18. The lowest BCUT2D eigenvalue weighted by atomic mass is 10.0. The Morgan fingerprint density at radius 3 is 2.35 bits per heavy atom. The first-order valence-electron chi connectivity index (χ1n) is 11.0. The van der Waals surface area contributed by atoms with Crippen LogP contribution in [0, 0.1) is 12.8 Å². The summed E-state index contributed by atoms with van der Waals surface area (Å²) in [5, 5.41) is 2.94. The predicted octanol–water partition coefficient (Wildman–Crippen LogP) is 4.69. The number of aryl methyl sites for hydroxylation is 1. The van der Waals surface area contributed by atoms with Crippen LogP contribution in [0.15, 0.2) is 48.5 Å². The fourth-order valence-corrected chi connectivity index (χ4v) is 3.35. The number of carbonyl (C=O) groups is 2. The molecule has 2 aromatic rings. The standard InChI is InChI=1S/C26H36N2O3/c1-18(2)15-27-26(30)21(6)28(16-22-11-9-10-20(5)14-22)25(29)17-31-24-13-8-7-12-23(24)19(3)4/h7-14,18-19,21H,15-17H2,1-6H3,(H,27,30). The molecule has 0 radical (unpaired) electrons. The van der Waals surface area contributed by atoms with Crippen molar-refractivity contribution in [1.29, 1.82) is 0 Å². The number of hydrogen-bond acceptors (Lipinski definition) is 3. The molecule has 0 aliphatic rings. The molecular weight excluding hydrogens is 388 g/mol. The number of ether oxygens (including phenoxy) is 1. The molecule has 0 heterocycles. The Morgan fingerprint density at radius 1 is 1.00 bits per heavy atom. The first-order chi connectivity index (χ1) is 14.7. The molecule has 31 heavy (non-hydrogen) atoms. The maximum Gasteiger partial charge on any atom is 0.261 e. The zero-order chi connectivity index (χ0) is 23.0. The third kappa shape index (κ3) is 7.42. The highest BCUT2D eigenvalue weighted by Gasteiger charge is 2.26. The largest absolute Gasteiger partial charge is 0.483 e. The van der Waals surface area contributed by atoms with Crippen LogP contribution in [0.5, 0.6) is 5.75 Å². The summed E-state index contributed by atoms with van der Waals surface area (Å²) in [6.07, 6.45) is 0. The quantitative estimate of drug-likeness (QED) is 0.602. The van der Waals surface area contributed by atoms with Gasteiger partial charge in [0.05, 0.1) is 0 Å². The van der Waals surface area contributed by atoms with Gasteiger partial charge in [-0.15, -0.1) is 0 Å². The second kappa shape index (κ2) is 11.5. The van der Waals surface area contributed by atoms with E-state index in [9.17, 15) is 9.59 Å². The average molecular weight is 425 g/mol. The Hall–Kier alpha value is -2.82. The second-order valence-corrected chi connectivity index (χ2v) is 8.81. The van der Waals surface area contributed by atoms with E-state index < -0.39 is 6.04 Å². The summed E-state index contributed by atoms with van der Waals surface area (Å²) in [6, 6.07) is 15.1. The van der Waals surface area contributed by atoms with Crippen LogP contribution in [0.3, 0.4) is 0 Å². The Morgan fingerprint density at radius 2 is 1.71 bits per heavy atom. The van der Waals surface area contributed by atoms with E-state index in [2.05, 4.69) is 19.2 Å². The minimum absolute atomic E-state index is 0.114. The zero-order valence-electron chi connectivity index (χ0n) is 19.6. The van der Waals surface area contributed by atoms with Gasteiger partial charge in [-0.1, -0.05) is 75.7 Å². The van der Waals surface area contributed by atoms with Crippen LogP contribution in [-0.4, -0.2) is 35.9 Å². The summed E-state index contributed by atoms with van der Waals surface area (Å²) in [5.74, 6) is 0.964. The number of para-hydroxylation sites is 1. The molecule has 1 N–H and O–H groups in total. The number of carbonyl (C=O) groups excluding carboxylic acids is 2. The van der Waals surface area contributed by atoms with E-state index >= 15 is 0 Å². The van der Waals surface area contributed by atoms with E-state index in [1.165, 1.54) is 0 Å². The van der Waals surface area contributed by atoms with Gasteiger partial charge < -0.3 is 15.0 Å². The minimum atomic E-state index is -0.601. The molecular formula is C26H36N2O3. The average Bonchev–Trinajstić information content (AvgIpc) is 2.73. The number of amides is 2. The monoisotopic (exact) mass is 424 g/mol. The van der Waals surface area contributed by atoms with E-state index in [4.69, 9.17) is 4.74 Å². The Bertz CT molecular complexity index is 876. The van der Waals surface area contributed by atoms with Gasteiger partial charge in [0.1, 0.15) is 11.8 Å². The van der Waals surface area contributed by atoms with Crippen molar-refractivity contribution < 1.29 is 14.3 Å². The molecule has 0 aromatic heterocycles. The van der Waals surface area contributed by atoms with Crippen LogP contribution in [-0.2, 0) is 16.1 Å². The summed E-state index contributed by atoms with van der Waals surface area (Å²) < 4.78 is 5.91. The van der Waals surface area contributed by atoms with Crippen LogP contribution >= 0.6 is 0 Å². The molecule has 0 fully saturated rings. The molecule has 1 unspecified atom stereocenters. The van der Waals surface area contributed by atoms with Gasteiger partial charge in [-0.05, 0) is 42.9 Å². The van der Waals surface area contributed by atoms with Crippen molar-refractivity contribution in [3.05, 3.63) is 65.2 Å². The summed E-state index contributed by atoms with van der Waals surface area (Å²) in [6.45, 7) is 12.9. The SMILES string of the molecule is Cc1cccc(CN(C(=O)COc2ccccc2C(C)C)C(C)C(=O)NCC(C)C)c1. The van der Waals surface area contributed by atoms with Gasteiger partial charge in [0, 0.05) is 13.1 Å². The van der Waals surface area contributed by atoms with Crippen LogP contribution in [0.4, 0.5) is 0 Å². The molecule has 2 rings (SSSR count). The Balaban J connectivity index is 2.18. The number of rotatable bonds is 10. The number of benzene rings is 2. The van der Waals surface area contributed by atoms with E-state index in [1.54, 1.807) is 11.8 Å². The van der Waals surface area contributed by atoms with Gasteiger partial charge in [-0.2, -0.15) is 0 Å². The van der Waals surface area contributed by atoms with Gasteiger partial charge in [0.25, 0.3) is 5.91 Å². The molecule has 5 heteroatoms. The summed E-state index contributed by atoms with van der Waals surface area (Å²) in [4.78, 5) is 27.5. The molecule has 168 valence electrons. The van der Waals surface area contributed by atoms with Gasteiger partial charge in [-0.25, -0.2) is 0 Å². The topological polar surface area (TPSA) is 58.6 Å². The van der Waals surface area contributed by atoms with Gasteiger partial charge >= 0.3 is 0 Å². The second-order valence-electron chi connectivity index (χ2n) is 8.81. The lowest BCUT2D eigenvalue weighted by Crippen LogP contribution is -2.49. The molecule has 0 spiro atoms. The highest BCUT2D eigenvalue weighted by molar-refractivity contribution is 5.88. The van der Waals surface area contributed by atoms with Crippen molar-refractivity contribution in [3.63, 3.8) is 0 Å². The maximum atomic E-state index is 13.2. The van der Waals surface area contributed by atoms with Crippen molar-refractivity contribution >= 4 is 11.8 Å². The smallest absolute Gasteiger partial charge is 0.261 e. The highest BCUT2D eigenvalue weighted by atomic mass is 16.5. The van der Waals surface area contributed by atoms with Gasteiger partial charge in [-0.3, -0.25) is 9.59 Å². The van der Waals surface area contributed by atoms with Crippen molar-refractivity contribution in [1.82, 2.24) is 10.2 Å². The predicted molar refractivity (Wildman–Crippen MR) is 125 cm³/mol. The number of nitrogens with one attached hydrogen (secondary N) is 1. The Kier molecular flexibility index (Phi) is 9.10. The summed E-state index contributed by atoms with van der Waals surface area (Å²) >= 11 is 0. The molecule has 0 saturated heterocycles. The van der Waals surface area contributed by atoms with E-state index in [0.29, 0.717) is 24.8 Å². The zero-order valence-corrected chi connectivity index (χ0v) is 19.6. The minimum Gasteiger partial charge on any atom is -0.483 e. The molecule has 2 aromatic carbocycles. The van der Waals surface area contributed by atoms with Crippen LogP contribution in [0.2, 0.25) is 0 Å². The maximum absolute atomic E-state index is 13.2. The van der Waals surface area contributed by atoms with Crippen LogP contribution < -0.4 is 10.1 Å². The lowest BCUT2D eigenvalue weighted by molar-refractivity contribution is -0.142. The molecule has 0 aliphatic heterocycles. The molecule has 0 saturated carbocycles. The van der Waals surface area contributed by atoms with Gasteiger partial charge in [0.2, 0.25) is 5.91 Å². The van der Waals surface area contributed by atoms with E-state index in [-0.39, 0.29) is 24.3 Å². The fourth-order valence-electron chi connectivity index (χ4n) is 3.35. The fraction of sp³-hybridized carbons (Fsp3) is 0.462. The first-order valence-corrected chi connectivity index (χ1v) is 11.0. The summed E-state index contributed by atoms with van der Waals surface area (Å²) in [5.41, 5.74) is 3.16. The third-order valence-electron chi connectivity index (χ3n) is 5.18. The van der Waals surface area contributed by atoms with Crippen molar-refractivity contribution in [2.24, 2.45) is 5.92 Å². The van der Waals surface area contributed by atoms with E-state index in [0.717, 1.165) is 16.7 Å². The molecule has 2 amide bonds. The normalized spacial score (nSPS) is 12.0. The summed E-state index contributed by atoms with van der Waals surface area (Å²) in [7, 11) is 0. The number of nitrogens with zero attached hydrogens (tertiary/aromatic N) is 1. The highest BCUT2D eigenvalue weighted by Crippen LogP contribution is 2.26.